The van der Waals surface area contributed by atoms with E-state index in [0.29, 0.717) is 5.69 Å². The van der Waals surface area contributed by atoms with Crippen LogP contribution in [0.2, 0.25) is 0 Å². The maximum absolute atomic E-state index is 13.1. The summed E-state index contributed by atoms with van der Waals surface area (Å²) in [6.45, 7) is 0. The number of nitrogens with two attached hydrogens (primary N) is 2. The number of nitrogens with zero attached hydrogens (tertiary/aromatic N) is 1. The number of aromatic nitrogens is 1. The number of hydrogen-bond acceptors (Lipinski definition) is 6. The first-order valence-electron chi connectivity index (χ1n) is 9.10. The first-order valence-corrected chi connectivity index (χ1v) is 7.60. The molecule has 4 N–H and O–H groups in total. The summed E-state index contributed by atoms with van der Waals surface area (Å²) in [6, 6.07) is 8.54. The maximum atomic E-state index is 13.1. The van der Waals surface area contributed by atoms with Gasteiger partial charge in [0.2, 0.25) is 0 Å². The molecule has 3 rings (SSSR count). The molecule has 0 spiro atoms. The van der Waals surface area contributed by atoms with Crippen molar-refractivity contribution >= 4 is 28.2 Å². The van der Waals surface area contributed by atoms with Gasteiger partial charge < -0.3 is 20.9 Å². The van der Waals surface area contributed by atoms with Crippen molar-refractivity contribution in [2.24, 2.45) is 0 Å². The van der Waals surface area contributed by atoms with Crippen LogP contribution in [0.4, 0.5) is 24.5 Å². The molecule has 1 heterocycles. The van der Waals surface area contributed by atoms with Crippen LogP contribution in [0.25, 0.3) is 16.6 Å². The molecule has 3 aromatic rings. The number of fused-ring (bicyclic) bond motifs is 1. The van der Waals surface area contributed by atoms with E-state index in [2.05, 4.69) is 9.47 Å². The lowest BCUT2D eigenvalue weighted by Gasteiger charge is -2.17. The van der Waals surface area contributed by atoms with Gasteiger partial charge in [0.25, 0.3) is 5.56 Å². The largest absolute Gasteiger partial charge is 0.573 e. The smallest absolute Gasteiger partial charge is 0.465 e. The highest BCUT2D eigenvalue weighted by Gasteiger charge is 2.31. The number of nitrogen functional groups attached to an aromatic ring is 2. The Morgan fingerprint density at radius 3 is 2.43 bits per heavy atom. The zero-order valence-corrected chi connectivity index (χ0v) is 13.9. The van der Waals surface area contributed by atoms with Crippen LogP contribution in [0.3, 0.4) is 0 Å². The number of esters is 1. The highest BCUT2D eigenvalue weighted by Crippen LogP contribution is 2.31. The number of halogens is 3. The lowest BCUT2D eigenvalue weighted by molar-refractivity contribution is -0.274. The van der Waals surface area contributed by atoms with E-state index >= 15 is 0 Å². The third-order valence-electron chi connectivity index (χ3n) is 3.87. The van der Waals surface area contributed by atoms with Crippen molar-refractivity contribution in [1.29, 1.82) is 0 Å². The number of benzene rings is 2. The molecular formula is C18H14F3N3O4. The number of ether oxygens (including phenoxy) is 2. The van der Waals surface area contributed by atoms with Crippen LogP contribution in [-0.4, -0.2) is 23.9 Å². The Balaban J connectivity index is 2.36. The van der Waals surface area contributed by atoms with Crippen LogP contribution < -0.4 is 21.8 Å². The van der Waals surface area contributed by atoms with Gasteiger partial charge in [-0.05, 0) is 36.4 Å². The molecule has 0 saturated carbocycles. The third-order valence-corrected chi connectivity index (χ3v) is 3.87. The SMILES string of the molecule is [2H]C([2H])([2H])OC(=O)c1c(N)c2ccc(OC(F)(F)F)cc2n(-c2ccc(N)cc2)c1=O. The van der Waals surface area contributed by atoms with Crippen molar-refractivity contribution in [1.82, 2.24) is 4.57 Å². The molecule has 0 saturated heterocycles. The van der Waals surface area contributed by atoms with Crippen molar-refractivity contribution in [3.63, 3.8) is 0 Å². The van der Waals surface area contributed by atoms with E-state index < -0.39 is 41.9 Å². The van der Waals surface area contributed by atoms with Crippen molar-refractivity contribution in [2.45, 2.75) is 6.36 Å². The minimum absolute atomic E-state index is 0.0107. The van der Waals surface area contributed by atoms with E-state index in [1.165, 1.54) is 24.3 Å². The van der Waals surface area contributed by atoms with Gasteiger partial charge in [-0.2, -0.15) is 0 Å². The van der Waals surface area contributed by atoms with Crippen LogP contribution in [0.1, 0.15) is 14.5 Å². The molecule has 0 aliphatic carbocycles. The van der Waals surface area contributed by atoms with Crippen molar-refractivity contribution < 1.29 is 31.6 Å². The van der Waals surface area contributed by atoms with Gasteiger partial charge in [-0.3, -0.25) is 9.36 Å². The summed E-state index contributed by atoms with van der Waals surface area (Å²) in [7, 11) is -3.15. The zero-order valence-electron chi connectivity index (χ0n) is 16.9. The fraction of sp³-hybridized carbons (Fsp3) is 0.111. The molecule has 10 heteroatoms. The standard InChI is InChI=1S/C18H14F3N3O4/c1-27-17(26)14-15(23)12-7-6-11(28-18(19,20)21)8-13(12)24(16(14)25)10-4-2-9(22)3-5-10/h2-8H,22-23H2,1H3/i1D3. The van der Waals surface area contributed by atoms with E-state index in [1.54, 1.807) is 0 Å². The first kappa shape index (κ1) is 15.4. The lowest BCUT2D eigenvalue weighted by atomic mass is 10.1. The summed E-state index contributed by atoms with van der Waals surface area (Å²) in [6.07, 6.45) is -4.99. The monoisotopic (exact) mass is 396 g/mol. The van der Waals surface area contributed by atoms with Crippen molar-refractivity contribution in [2.75, 3.05) is 18.5 Å². The van der Waals surface area contributed by atoms with Crippen LogP contribution in [-0.2, 0) is 4.74 Å². The van der Waals surface area contributed by atoms with Crippen molar-refractivity contribution in [3.8, 4) is 11.4 Å². The Morgan fingerprint density at radius 1 is 1.14 bits per heavy atom. The average Bonchev–Trinajstić information content (AvgIpc) is 2.60. The minimum Gasteiger partial charge on any atom is -0.465 e. The van der Waals surface area contributed by atoms with E-state index in [9.17, 15) is 22.8 Å². The molecule has 0 unspecified atom stereocenters. The number of carbonyl (C=O) groups excluding carboxylic acids is 1. The normalized spacial score (nSPS) is 13.5. The highest BCUT2D eigenvalue weighted by atomic mass is 19.4. The quantitative estimate of drug-likeness (QED) is 0.520. The number of hydrogen-bond donors (Lipinski definition) is 2. The second-order valence-electron chi connectivity index (χ2n) is 5.64. The molecular weight excluding hydrogens is 379 g/mol. The molecule has 146 valence electrons. The predicted molar refractivity (Wildman–Crippen MR) is 96.4 cm³/mol. The van der Waals surface area contributed by atoms with Gasteiger partial charge in [0.15, 0.2) is 0 Å². The fourth-order valence-corrected chi connectivity index (χ4v) is 2.72. The fourth-order valence-electron chi connectivity index (χ4n) is 2.72. The van der Waals surface area contributed by atoms with Crippen molar-refractivity contribution in [3.05, 3.63) is 58.4 Å². The Hall–Kier alpha value is -3.69. The Kier molecular flexibility index (Phi) is 3.73. The average molecular weight is 396 g/mol. The predicted octanol–water partition coefficient (Wildman–Crippen LogP) is 2.84. The third kappa shape index (κ3) is 3.43. The molecule has 1 aromatic heterocycles. The summed E-state index contributed by atoms with van der Waals surface area (Å²) in [4.78, 5) is 25.5. The summed E-state index contributed by atoms with van der Waals surface area (Å²) >= 11 is 0. The summed E-state index contributed by atoms with van der Waals surface area (Å²) in [5.41, 5.74) is 9.52. The van der Waals surface area contributed by atoms with Gasteiger partial charge in [-0.25, -0.2) is 4.79 Å². The lowest BCUT2D eigenvalue weighted by Crippen LogP contribution is -2.28. The van der Waals surface area contributed by atoms with Crippen LogP contribution in [0, 0.1) is 0 Å². The maximum Gasteiger partial charge on any atom is 0.573 e. The molecule has 0 bridgehead atoms. The van der Waals surface area contributed by atoms with Crippen LogP contribution in [0.5, 0.6) is 5.75 Å². The van der Waals surface area contributed by atoms with E-state index in [-0.39, 0.29) is 16.6 Å². The second-order valence-corrected chi connectivity index (χ2v) is 5.64. The van der Waals surface area contributed by atoms with Crippen LogP contribution >= 0.6 is 0 Å². The second kappa shape index (κ2) is 6.80. The molecule has 0 radical (unpaired) electrons. The molecule has 0 aliphatic heterocycles. The molecule has 2 aromatic carbocycles. The van der Waals surface area contributed by atoms with Gasteiger partial charge in [0, 0.05) is 22.8 Å². The summed E-state index contributed by atoms with van der Waals surface area (Å²) < 4.78 is 68.3. The molecule has 0 fully saturated rings. The summed E-state index contributed by atoms with van der Waals surface area (Å²) in [5.74, 6) is -2.15. The number of carbonyl (C=O) groups is 1. The highest BCUT2D eigenvalue weighted by molar-refractivity contribution is 6.04. The van der Waals surface area contributed by atoms with Gasteiger partial charge in [-0.15, -0.1) is 13.2 Å². The van der Waals surface area contributed by atoms with Gasteiger partial charge in [-0.1, -0.05) is 0 Å². The molecule has 7 nitrogen and oxygen atoms in total. The molecule has 0 atom stereocenters. The number of alkyl halides is 3. The van der Waals surface area contributed by atoms with E-state index in [0.717, 1.165) is 22.8 Å². The molecule has 0 amide bonds. The van der Waals surface area contributed by atoms with Gasteiger partial charge in [0.1, 0.15) is 11.3 Å². The topological polar surface area (TPSA) is 110 Å². The van der Waals surface area contributed by atoms with Gasteiger partial charge in [0.05, 0.1) is 22.4 Å². The Labute approximate surface area is 160 Å². The zero-order chi connectivity index (χ0) is 23.1. The minimum atomic E-state index is -4.99. The number of methoxy groups -OCH3 is 1. The summed E-state index contributed by atoms with van der Waals surface area (Å²) in [5, 5.41) is -0.0107. The van der Waals surface area contributed by atoms with Crippen LogP contribution in [0.15, 0.2) is 47.3 Å². The molecule has 0 aliphatic rings. The Morgan fingerprint density at radius 2 is 1.82 bits per heavy atom. The Bertz CT molecular complexity index is 1220. The number of anilines is 2. The van der Waals surface area contributed by atoms with E-state index in [1.807, 2.05) is 0 Å². The molecule has 28 heavy (non-hydrogen) atoms. The van der Waals surface area contributed by atoms with E-state index in [4.69, 9.17) is 15.6 Å². The number of pyridine rings is 1. The van der Waals surface area contributed by atoms with Gasteiger partial charge >= 0.3 is 12.3 Å². The number of rotatable bonds is 3. The first-order chi connectivity index (χ1) is 14.3.